The molecule has 0 aromatic heterocycles. The fourth-order valence-electron chi connectivity index (χ4n) is 5.24. The van der Waals surface area contributed by atoms with Crippen molar-refractivity contribution in [3.63, 3.8) is 0 Å². The molecule has 1 unspecified atom stereocenters. The highest BCUT2D eigenvalue weighted by molar-refractivity contribution is 6.28. The van der Waals surface area contributed by atoms with Gasteiger partial charge in [-0.1, -0.05) is 18.2 Å². The SMILES string of the molecule is O=C1C([C@@H]2O[C@H](CO)[C@@H](O)[C@H](O)[C@H]2O)=C(O)/C(=C(O)/C=C/c2ccc(O)cc2)C(=O)C1(O)[C@@H]1O[C@H](CO)[C@@H](O)[C@H](O)[C@H]1O. The topological polar surface area (TPSA) is 295 Å². The second-order valence-electron chi connectivity index (χ2n) is 10.4. The van der Waals surface area contributed by atoms with Gasteiger partial charge in [0.1, 0.15) is 83.9 Å². The summed E-state index contributed by atoms with van der Waals surface area (Å²) in [7, 11) is 0. The summed E-state index contributed by atoms with van der Waals surface area (Å²) in [6, 6.07) is 5.38. The first-order valence-corrected chi connectivity index (χ1v) is 13.0. The number of aromatic hydroxyl groups is 1. The lowest BCUT2D eigenvalue weighted by atomic mass is 9.69. The molecule has 43 heavy (non-hydrogen) atoms. The van der Waals surface area contributed by atoms with E-state index in [0.29, 0.717) is 5.56 Å². The van der Waals surface area contributed by atoms with Crippen molar-refractivity contribution in [3.05, 3.63) is 58.6 Å². The van der Waals surface area contributed by atoms with E-state index < -0.39 is 114 Å². The van der Waals surface area contributed by atoms with Crippen LogP contribution in [-0.2, 0) is 19.1 Å². The van der Waals surface area contributed by atoms with Crippen LogP contribution in [0.3, 0.4) is 0 Å². The molecular formula is C27H32O16. The molecule has 1 aromatic carbocycles. The number of rotatable bonds is 6. The van der Waals surface area contributed by atoms with Crippen LogP contribution in [0.4, 0.5) is 0 Å². The Balaban J connectivity index is 1.92. The third-order valence-electron chi connectivity index (χ3n) is 7.72. The van der Waals surface area contributed by atoms with Gasteiger partial charge in [0.25, 0.3) is 0 Å². The lowest BCUT2D eigenvalue weighted by molar-refractivity contribution is -0.261. The average molecular weight is 613 g/mol. The van der Waals surface area contributed by atoms with E-state index in [-0.39, 0.29) is 5.75 Å². The smallest absolute Gasteiger partial charge is 0.219 e. The number of carbonyl (C=O) groups is 2. The van der Waals surface area contributed by atoms with Crippen LogP contribution in [0, 0.1) is 0 Å². The zero-order chi connectivity index (χ0) is 32.0. The molecule has 0 radical (unpaired) electrons. The summed E-state index contributed by atoms with van der Waals surface area (Å²) in [6.07, 6.45) is -18.7. The Morgan fingerprint density at radius 1 is 0.767 bits per heavy atom. The van der Waals surface area contributed by atoms with Crippen molar-refractivity contribution in [2.75, 3.05) is 13.2 Å². The molecular weight excluding hydrogens is 580 g/mol. The van der Waals surface area contributed by atoms with Gasteiger partial charge >= 0.3 is 0 Å². The Morgan fingerprint density at radius 3 is 1.86 bits per heavy atom. The van der Waals surface area contributed by atoms with Gasteiger partial charge in [-0.25, -0.2) is 0 Å². The van der Waals surface area contributed by atoms with Gasteiger partial charge in [0.15, 0.2) is 0 Å². The van der Waals surface area contributed by atoms with Crippen LogP contribution in [0.1, 0.15) is 5.56 Å². The van der Waals surface area contributed by atoms with Crippen molar-refractivity contribution in [2.24, 2.45) is 0 Å². The highest BCUT2D eigenvalue weighted by atomic mass is 16.6. The molecule has 3 aliphatic rings. The number of carbonyl (C=O) groups excluding carboxylic acids is 2. The second-order valence-corrected chi connectivity index (χ2v) is 10.4. The molecule has 0 amide bonds. The van der Waals surface area contributed by atoms with E-state index in [9.17, 15) is 70.9 Å². The molecule has 1 aromatic rings. The van der Waals surface area contributed by atoms with Crippen molar-refractivity contribution in [1.82, 2.24) is 0 Å². The van der Waals surface area contributed by atoms with E-state index in [1.165, 1.54) is 30.3 Å². The molecule has 16 nitrogen and oxygen atoms in total. The third kappa shape index (κ3) is 5.47. The van der Waals surface area contributed by atoms with Gasteiger partial charge in [0.05, 0.1) is 18.8 Å². The molecule has 2 fully saturated rings. The Labute approximate surface area is 242 Å². The first kappa shape index (κ1) is 32.6. The van der Waals surface area contributed by atoms with Crippen molar-refractivity contribution >= 4 is 17.6 Å². The highest BCUT2D eigenvalue weighted by Gasteiger charge is 2.65. The molecule has 0 spiro atoms. The van der Waals surface area contributed by atoms with Gasteiger partial charge in [0.2, 0.25) is 17.2 Å². The number of hydrogen-bond acceptors (Lipinski definition) is 16. The zero-order valence-electron chi connectivity index (χ0n) is 22.2. The number of benzene rings is 1. The Bertz CT molecular complexity index is 1320. The first-order chi connectivity index (χ1) is 20.2. The van der Waals surface area contributed by atoms with Crippen LogP contribution in [0.25, 0.3) is 6.08 Å². The summed E-state index contributed by atoms with van der Waals surface area (Å²) in [5.74, 6) is -6.12. The standard InChI is InChI=1S/C27H32O16/c28-7-12-16(32)19(35)21(37)23(42-12)15-18(34)14(11(31)6-3-9-1-4-10(30)5-2-9)24(39)27(41,25(15)40)26-22(38)20(36)17(33)13(8-29)43-26/h1-6,12-13,16-17,19-23,26,28-38,41H,7-8H2/b6-3+,14-11+/t12-,13-,16-,17-,19+,20+,21-,22-,23+,26-,27?/m1/s1. The number of aliphatic hydroxyl groups is 11. The summed E-state index contributed by atoms with van der Waals surface area (Å²) < 4.78 is 10.6. The van der Waals surface area contributed by atoms with E-state index in [0.717, 1.165) is 6.08 Å². The monoisotopic (exact) mass is 612 g/mol. The summed E-state index contributed by atoms with van der Waals surface area (Å²) in [4.78, 5) is 27.6. The summed E-state index contributed by atoms with van der Waals surface area (Å²) >= 11 is 0. The van der Waals surface area contributed by atoms with E-state index in [1.807, 2.05) is 0 Å². The summed E-state index contributed by atoms with van der Waals surface area (Å²) in [5, 5.41) is 125. The molecule has 12 N–H and O–H groups in total. The zero-order valence-corrected chi connectivity index (χ0v) is 22.2. The van der Waals surface area contributed by atoms with E-state index in [4.69, 9.17) is 9.47 Å². The average Bonchev–Trinajstić information content (AvgIpc) is 2.98. The van der Waals surface area contributed by atoms with Crippen LogP contribution in [-0.4, -0.2) is 153 Å². The van der Waals surface area contributed by atoms with Gasteiger partial charge in [-0.05, 0) is 23.8 Å². The molecule has 0 saturated carbocycles. The number of aliphatic hydroxyl groups excluding tert-OH is 10. The number of phenols is 1. The van der Waals surface area contributed by atoms with Crippen LogP contribution in [0.5, 0.6) is 5.75 Å². The maximum absolute atomic E-state index is 13.9. The molecule has 0 bridgehead atoms. The predicted octanol–water partition coefficient (Wildman–Crippen LogP) is -4.40. The summed E-state index contributed by atoms with van der Waals surface area (Å²) in [6.45, 7) is -1.99. The molecule has 11 atom stereocenters. The quantitative estimate of drug-likeness (QED) is 0.0820. The van der Waals surface area contributed by atoms with Gasteiger partial charge < -0.3 is 70.8 Å². The Hall–Kier alpha value is -3.26. The maximum Gasteiger partial charge on any atom is 0.219 e. The predicted molar refractivity (Wildman–Crippen MR) is 139 cm³/mol. The van der Waals surface area contributed by atoms with Gasteiger partial charge in [0, 0.05) is 0 Å². The van der Waals surface area contributed by atoms with Gasteiger partial charge in [-0.2, -0.15) is 0 Å². The first-order valence-electron chi connectivity index (χ1n) is 13.0. The van der Waals surface area contributed by atoms with Crippen molar-refractivity contribution in [1.29, 1.82) is 0 Å². The Kier molecular flexibility index (Phi) is 9.41. The molecule has 2 aliphatic heterocycles. The van der Waals surface area contributed by atoms with Crippen LogP contribution >= 0.6 is 0 Å². The highest BCUT2D eigenvalue weighted by Crippen LogP contribution is 2.42. The van der Waals surface area contributed by atoms with Crippen molar-refractivity contribution in [2.45, 2.75) is 66.6 Å². The molecule has 2 heterocycles. The number of Topliss-reactive ketones (excluding diaryl/α,β-unsaturated/α-hetero) is 2. The van der Waals surface area contributed by atoms with E-state index in [2.05, 4.69) is 0 Å². The van der Waals surface area contributed by atoms with E-state index in [1.54, 1.807) is 0 Å². The fourth-order valence-corrected chi connectivity index (χ4v) is 5.24. The minimum Gasteiger partial charge on any atom is -0.508 e. The van der Waals surface area contributed by atoms with Crippen molar-refractivity contribution < 1.29 is 80.3 Å². The number of hydrogen-bond donors (Lipinski definition) is 12. The van der Waals surface area contributed by atoms with Crippen LogP contribution in [0.15, 0.2) is 53.0 Å². The number of ketones is 2. The second kappa shape index (κ2) is 12.4. The normalized spacial score (nSPS) is 40.3. The summed E-state index contributed by atoms with van der Waals surface area (Å²) in [5.41, 5.74) is -5.62. The van der Waals surface area contributed by atoms with Gasteiger partial charge in [-0.15, -0.1) is 0 Å². The number of ether oxygens (including phenoxy) is 2. The minimum absolute atomic E-state index is 0.0879. The number of allylic oxidation sites excluding steroid dienone is 2. The van der Waals surface area contributed by atoms with Crippen LogP contribution in [0.2, 0.25) is 0 Å². The van der Waals surface area contributed by atoms with Gasteiger partial charge in [-0.3, -0.25) is 9.59 Å². The van der Waals surface area contributed by atoms with Crippen molar-refractivity contribution in [3.8, 4) is 5.75 Å². The number of phenolic OH excluding ortho intramolecular Hbond substituents is 1. The molecule has 236 valence electrons. The lowest BCUT2D eigenvalue weighted by Gasteiger charge is -2.48. The third-order valence-corrected chi connectivity index (χ3v) is 7.72. The lowest BCUT2D eigenvalue weighted by Crippen LogP contribution is -2.72. The molecule has 16 heteroatoms. The maximum atomic E-state index is 13.9. The largest absolute Gasteiger partial charge is 0.508 e. The van der Waals surface area contributed by atoms with E-state index >= 15 is 0 Å². The molecule has 4 rings (SSSR count). The molecule has 1 aliphatic carbocycles. The Morgan fingerprint density at radius 2 is 1.30 bits per heavy atom. The fraction of sp³-hybridized carbons (Fsp3) is 0.481. The molecule has 2 saturated heterocycles. The van der Waals surface area contributed by atoms with Crippen LogP contribution < -0.4 is 0 Å². The minimum atomic E-state index is -3.63.